The second-order valence-corrected chi connectivity index (χ2v) is 6.07. The summed E-state index contributed by atoms with van der Waals surface area (Å²) in [6, 6.07) is 14.1. The van der Waals surface area contributed by atoms with Gasteiger partial charge in [-0.2, -0.15) is 5.10 Å². The highest BCUT2D eigenvalue weighted by Gasteiger charge is 2.23. The Hall–Kier alpha value is -2.82. The fourth-order valence-corrected chi connectivity index (χ4v) is 3.26. The van der Waals surface area contributed by atoms with Gasteiger partial charge in [0, 0.05) is 22.8 Å². The Morgan fingerprint density at radius 3 is 3.04 bits per heavy atom. The van der Waals surface area contributed by atoms with Gasteiger partial charge in [-0.25, -0.2) is 0 Å². The van der Waals surface area contributed by atoms with Gasteiger partial charge < -0.3 is 10.1 Å². The van der Waals surface area contributed by atoms with Gasteiger partial charge in [-0.1, -0.05) is 36.4 Å². The van der Waals surface area contributed by atoms with Gasteiger partial charge in [0.1, 0.15) is 5.75 Å². The van der Waals surface area contributed by atoms with Crippen LogP contribution in [0.2, 0.25) is 0 Å². The number of ether oxygens (including phenoxy) is 1. The highest BCUT2D eigenvalue weighted by atomic mass is 16.5. The van der Waals surface area contributed by atoms with E-state index in [1.54, 1.807) is 6.20 Å². The first-order chi connectivity index (χ1) is 11.8. The molecule has 2 heterocycles. The number of fused-ring (bicyclic) bond motifs is 3. The molecule has 3 aromatic rings. The van der Waals surface area contributed by atoms with Crippen LogP contribution in [0.1, 0.15) is 30.1 Å². The van der Waals surface area contributed by atoms with Gasteiger partial charge in [0.25, 0.3) is 0 Å². The van der Waals surface area contributed by atoms with E-state index in [9.17, 15) is 4.79 Å². The van der Waals surface area contributed by atoms with E-state index in [0.29, 0.717) is 13.0 Å². The summed E-state index contributed by atoms with van der Waals surface area (Å²) in [6.45, 7) is 0.675. The molecule has 0 saturated carbocycles. The number of carbonyl (C=O) groups excluding carboxylic acids is 1. The molecule has 2 N–H and O–H groups in total. The fourth-order valence-electron chi connectivity index (χ4n) is 3.26. The number of benzene rings is 2. The maximum absolute atomic E-state index is 12.4. The monoisotopic (exact) mass is 321 g/mol. The Balaban J connectivity index is 1.63. The minimum absolute atomic E-state index is 0.00902. The molecule has 0 spiro atoms. The first kappa shape index (κ1) is 14.8. The average Bonchev–Trinajstić information content (AvgIpc) is 3.01. The summed E-state index contributed by atoms with van der Waals surface area (Å²) in [5.74, 6) is 0.891. The number of rotatable bonds is 3. The van der Waals surface area contributed by atoms with Crippen molar-refractivity contribution >= 4 is 16.7 Å². The topological polar surface area (TPSA) is 67.0 Å². The van der Waals surface area contributed by atoms with Crippen molar-refractivity contribution in [3.63, 3.8) is 0 Å². The summed E-state index contributed by atoms with van der Waals surface area (Å²) in [4.78, 5) is 12.4. The van der Waals surface area contributed by atoms with Crippen molar-refractivity contribution in [2.24, 2.45) is 0 Å². The molecule has 0 fully saturated rings. The van der Waals surface area contributed by atoms with Crippen molar-refractivity contribution in [1.82, 2.24) is 15.5 Å². The van der Waals surface area contributed by atoms with Gasteiger partial charge in [0.15, 0.2) is 0 Å². The number of nitrogens with zero attached hydrogens (tertiary/aromatic N) is 1. The number of hydrogen-bond donors (Lipinski definition) is 2. The lowest BCUT2D eigenvalue weighted by molar-refractivity contribution is -0.121. The SMILES string of the molecule is O=C(Cc1ccn[nH]1)NC1CCCOc2c1ccc1ccccc21. The first-order valence-corrected chi connectivity index (χ1v) is 8.23. The van der Waals surface area contributed by atoms with Crippen molar-refractivity contribution in [3.05, 3.63) is 59.9 Å². The van der Waals surface area contributed by atoms with Gasteiger partial charge >= 0.3 is 0 Å². The largest absolute Gasteiger partial charge is 0.493 e. The number of H-pyrrole nitrogens is 1. The molecule has 5 heteroatoms. The Labute approximate surface area is 140 Å². The predicted molar refractivity (Wildman–Crippen MR) is 91.9 cm³/mol. The van der Waals surface area contributed by atoms with E-state index in [2.05, 4.69) is 39.8 Å². The summed E-state index contributed by atoms with van der Waals surface area (Å²) in [7, 11) is 0. The van der Waals surface area contributed by atoms with Crippen molar-refractivity contribution in [2.45, 2.75) is 25.3 Å². The van der Waals surface area contributed by atoms with Crippen molar-refractivity contribution in [2.75, 3.05) is 6.61 Å². The van der Waals surface area contributed by atoms with Crippen LogP contribution < -0.4 is 10.1 Å². The van der Waals surface area contributed by atoms with Crippen LogP contribution in [0.3, 0.4) is 0 Å². The number of carbonyl (C=O) groups is 1. The summed E-state index contributed by atoms with van der Waals surface area (Å²) in [5, 5.41) is 12.1. The predicted octanol–water partition coefficient (Wildman–Crippen LogP) is 3.14. The lowest BCUT2D eigenvalue weighted by Crippen LogP contribution is -2.29. The highest BCUT2D eigenvalue weighted by molar-refractivity contribution is 5.90. The Kier molecular flexibility index (Phi) is 3.91. The molecule has 0 radical (unpaired) electrons. The summed E-state index contributed by atoms with van der Waals surface area (Å²) in [6.07, 6.45) is 3.75. The lowest BCUT2D eigenvalue weighted by atomic mass is 9.98. The molecule has 0 bridgehead atoms. The zero-order valence-corrected chi connectivity index (χ0v) is 13.3. The smallest absolute Gasteiger partial charge is 0.226 e. The molecule has 5 nitrogen and oxygen atoms in total. The van der Waals surface area contributed by atoms with E-state index in [-0.39, 0.29) is 11.9 Å². The molecular formula is C19H19N3O2. The standard InChI is InChI=1S/C19H19N3O2/c23-18(12-14-9-10-20-22-14)21-17-6-3-11-24-19-15-5-2-1-4-13(15)7-8-16(17)19/h1-2,4-5,7-10,17H,3,6,11-12H2,(H,20,22)(H,21,23). The molecule has 1 aromatic heterocycles. The molecule has 1 unspecified atom stereocenters. The quantitative estimate of drug-likeness (QED) is 0.779. The second kappa shape index (κ2) is 6.35. The van der Waals surface area contributed by atoms with E-state index >= 15 is 0 Å². The molecule has 1 amide bonds. The van der Waals surface area contributed by atoms with Gasteiger partial charge in [0.2, 0.25) is 5.91 Å². The van der Waals surface area contributed by atoms with E-state index < -0.39 is 0 Å². The van der Waals surface area contributed by atoms with Crippen LogP contribution in [-0.2, 0) is 11.2 Å². The van der Waals surface area contributed by atoms with Crippen LogP contribution in [0.5, 0.6) is 5.75 Å². The number of hydrogen-bond acceptors (Lipinski definition) is 3. The number of nitrogens with one attached hydrogen (secondary N) is 2. The van der Waals surface area contributed by atoms with E-state index in [4.69, 9.17) is 4.74 Å². The van der Waals surface area contributed by atoms with Crippen LogP contribution >= 0.6 is 0 Å². The number of aromatic amines is 1. The van der Waals surface area contributed by atoms with Crippen LogP contribution in [0.15, 0.2) is 48.7 Å². The van der Waals surface area contributed by atoms with E-state index in [0.717, 1.165) is 40.6 Å². The van der Waals surface area contributed by atoms with Crippen LogP contribution in [0.4, 0.5) is 0 Å². The maximum atomic E-state index is 12.4. The van der Waals surface area contributed by atoms with E-state index in [1.165, 1.54) is 0 Å². The summed E-state index contributed by atoms with van der Waals surface area (Å²) >= 11 is 0. The molecule has 1 atom stereocenters. The summed E-state index contributed by atoms with van der Waals surface area (Å²) < 4.78 is 6.01. The van der Waals surface area contributed by atoms with Gasteiger partial charge in [-0.15, -0.1) is 0 Å². The van der Waals surface area contributed by atoms with Crippen molar-refractivity contribution in [1.29, 1.82) is 0 Å². The molecular weight excluding hydrogens is 302 g/mol. The molecule has 1 aliphatic heterocycles. The fraction of sp³-hybridized carbons (Fsp3) is 0.263. The summed E-state index contributed by atoms with van der Waals surface area (Å²) in [5.41, 5.74) is 1.88. The number of amides is 1. The Morgan fingerprint density at radius 2 is 2.17 bits per heavy atom. The third-order valence-corrected chi connectivity index (χ3v) is 4.41. The molecule has 24 heavy (non-hydrogen) atoms. The van der Waals surface area contributed by atoms with Gasteiger partial charge in [-0.3, -0.25) is 9.89 Å². The molecule has 1 aliphatic rings. The Morgan fingerprint density at radius 1 is 1.25 bits per heavy atom. The third kappa shape index (κ3) is 2.85. The minimum atomic E-state index is -0.0254. The zero-order valence-electron chi connectivity index (χ0n) is 13.3. The molecule has 0 aliphatic carbocycles. The van der Waals surface area contributed by atoms with E-state index in [1.807, 2.05) is 18.2 Å². The first-order valence-electron chi connectivity index (χ1n) is 8.23. The second-order valence-electron chi connectivity index (χ2n) is 6.07. The van der Waals surface area contributed by atoms with Crippen LogP contribution in [-0.4, -0.2) is 22.7 Å². The molecule has 122 valence electrons. The normalized spacial score (nSPS) is 16.9. The van der Waals surface area contributed by atoms with Crippen LogP contribution in [0.25, 0.3) is 10.8 Å². The van der Waals surface area contributed by atoms with Crippen molar-refractivity contribution < 1.29 is 9.53 Å². The molecule has 2 aromatic carbocycles. The van der Waals surface area contributed by atoms with Crippen LogP contribution in [0, 0.1) is 0 Å². The number of aromatic nitrogens is 2. The van der Waals surface area contributed by atoms with Gasteiger partial charge in [0.05, 0.1) is 19.1 Å². The Bertz CT molecular complexity index is 858. The minimum Gasteiger partial charge on any atom is -0.493 e. The molecule has 4 rings (SSSR count). The zero-order chi connectivity index (χ0) is 16.4. The highest BCUT2D eigenvalue weighted by Crippen LogP contribution is 2.37. The third-order valence-electron chi connectivity index (χ3n) is 4.41. The lowest BCUT2D eigenvalue weighted by Gasteiger charge is -2.19. The average molecular weight is 321 g/mol. The maximum Gasteiger partial charge on any atom is 0.226 e. The molecule has 0 saturated heterocycles. The van der Waals surface area contributed by atoms with Gasteiger partial charge in [-0.05, 0) is 24.3 Å². The van der Waals surface area contributed by atoms with Crippen molar-refractivity contribution in [3.8, 4) is 5.75 Å².